The molecule has 0 spiro atoms. The molecule has 7 heteroatoms. The van der Waals surface area contributed by atoms with Crippen molar-refractivity contribution in [2.24, 2.45) is 0 Å². The fourth-order valence-electron chi connectivity index (χ4n) is 2.14. The van der Waals surface area contributed by atoms with Crippen molar-refractivity contribution in [3.8, 4) is 0 Å². The third-order valence-electron chi connectivity index (χ3n) is 3.16. The molecule has 0 atom stereocenters. The van der Waals surface area contributed by atoms with Crippen LogP contribution < -0.4 is 0 Å². The minimum Gasteiger partial charge on any atom is -0.300 e. The van der Waals surface area contributed by atoms with Crippen molar-refractivity contribution in [2.45, 2.75) is 13.3 Å². The summed E-state index contributed by atoms with van der Waals surface area (Å²) < 4.78 is 29.9. The van der Waals surface area contributed by atoms with Crippen molar-refractivity contribution in [2.75, 3.05) is 0 Å². The van der Waals surface area contributed by atoms with E-state index in [0.717, 1.165) is 17.8 Å². The molecule has 2 aromatic heterocycles. The van der Waals surface area contributed by atoms with E-state index in [0.29, 0.717) is 15.9 Å². The second kappa shape index (κ2) is 5.35. The van der Waals surface area contributed by atoms with Crippen molar-refractivity contribution >= 4 is 33.2 Å². The first kappa shape index (κ1) is 14.4. The monoisotopic (exact) mass is 371 g/mol. The van der Waals surface area contributed by atoms with E-state index in [1.54, 1.807) is 12.4 Å². The average Bonchev–Trinajstić information content (AvgIpc) is 2.78. The number of imidazole rings is 1. The van der Waals surface area contributed by atoms with Gasteiger partial charge < -0.3 is 4.40 Å². The van der Waals surface area contributed by atoms with Crippen LogP contribution in [0.5, 0.6) is 0 Å². The van der Waals surface area contributed by atoms with Gasteiger partial charge in [-0.2, -0.15) is 0 Å². The predicted octanol–water partition coefficient (Wildman–Crippen LogP) is 4.32. The summed E-state index contributed by atoms with van der Waals surface area (Å²) in [5.41, 5.74) is 2.28. The van der Waals surface area contributed by atoms with Gasteiger partial charge in [0, 0.05) is 24.5 Å². The summed E-state index contributed by atoms with van der Waals surface area (Å²) in [6, 6.07) is 2.06. The molecule has 0 unspecified atom stereocenters. The SMILES string of the molecule is Cc1cnc2c(Cc3cc(F)c(Cl)cc3F)nc(Br)cn12. The van der Waals surface area contributed by atoms with Gasteiger partial charge in [0.2, 0.25) is 0 Å². The van der Waals surface area contributed by atoms with E-state index in [2.05, 4.69) is 25.9 Å². The van der Waals surface area contributed by atoms with Crippen LogP contribution in [0.15, 0.2) is 29.1 Å². The molecule has 0 amide bonds. The number of rotatable bonds is 2. The maximum atomic E-state index is 13.9. The topological polar surface area (TPSA) is 30.2 Å². The summed E-state index contributed by atoms with van der Waals surface area (Å²) in [6.07, 6.45) is 3.60. The van der Waals surface area contributed by atoms with Crippen LogP contribution in [0.1, 0.15) is 17.0 Å². The Labute approximate surface area is 132 Å². The van der Waals surface area contributed by atoms with E-state index in [9.17, 15) is 8.78 Å². The maximum Gasteiger partial charge on any atom is 0.159 e. The highest BCUT2D eigenvalue weighted by atomic mass is 79.9. The molecule has 0 saturated carbocycles. The fraction of sp³-hybridized carbons (Fsp3) is 0.143. The van der Waals surface area contributed by atoms with Crippen LogP contribution in [0.4, 0.5) is 8.78 Å². The summed E-state index contributed by atoms with van der Waals surface area (Å²) in [4.78, 5) is 8.58. The molecule has 0 saturated heterocycles. The summed E-state index contributed by atoms with van der Waals surface area (Å²) in [7, 11) is 0. The molecule has 0 radical (unpaired) electrons. The lowest BCUT2D eigenvalue weighted by molar-refractivity contribution is 0.588. The number of benzene rings is 1. The van der Waals surface area contributed by atoms with Gasteiger partial charge in [0.1, 0.15) is 16.2 Å². The van der Waals surface area contributed by atoms with E-state index < -0.39 is 11.6 Å². The Balaban J connectivity index is 2.12. The zero-order valence-corrected chi connectivity index (χ0v) is 13.2. The smallest absolute Gasteiger partial charge is 0.159 e. The standard InChI is InChI=1S/C14H9BrClF2N3/c1-7-5-19-14-12(20-13(15)6-21(7)14)3-8-2-11(18)9(16)4-10(8)17/h2,4-6H,3H2,1H3. The van der Waals surface area contributed by atoms with Crippen molar-refractivity contribution < 1.29 is 8.78 Å². The largest absolute Gasteiger partial charge is 0.300 e. The molecule has 21 heavy (non-hydrogen) atoms. The van der Waals surface area contributed by atoms with Crippen LogP contribution >= 0.6 is 27.5 Å². The second-order valence-electron chi connectivity index (χ2n) is 4.64. The lowest BCUT2D eigenvalue weighted by atomic mass is 10.1. The van der Waals surface area contributed by atoms with Crippen LogP contribution in [0.2, 0.25) is 5.02 Å². The van der Waals surface area contributed by atoms with Crippen LogP contribution in [-0.2, 0) is 6.42 Å². The number of fused-ring (bicyclic) bond motifs is 1. The van der Waals surface area contributed by atoms with Crippen molar-refractivity contribution in [1.29, 1.82) is 0 Å². The normalized spacial score (nSPS) is 11.3. The van der Waals surface area contributed by atoms with Crippen molar-refractivity contribution in [1.82, 2.24) is 14.4 Å². The predicted molar refractivity (Wildman–Crippen MR) is 79.6 cm³/mol. The summed E-state index contributed by atoms with van der Waals surface area (Å²) in [5.74, 6) is -1.22. The highest BCUT2D eigenvalue weighted by Gasteiger charge is 2.14. The van der Waals surface area contributed by atoms with Crippen LogP contribution in [0.25, 0.3) is 5.65 Å². The zero-order chi connectivity index (χ0) is 15.1. The van der Waals surface area contributed by atoms with Crippen LogP contribution in [0.3, 0.4) is 0 Å². The lowest BCUT2D eigenvalue weighted by Crippen LogP contribution is -2.02. The Morgan fingerprint density at radius 2 is 2.05 bits per heavy atom. The molecule has 3 rings (SSSR count). The Kier molecular flexibility index (Phi) is 3.67. The highest BCUT2D eigenvalue weighted by Crippen LogP contribution is 2.23. The van der Waals surface area contributed by atoms with E-state index in [-0.39, 0.29) is 17.0 Å². The molecule has 2 heterocycles. The van der Waals surface area contributed by atoms with Gasteiger partial charge in [-0.3, -0.25) is 0 Å². The Bertz CT molecular complexity index is 848. The third kappa shape index (κ3) is 2.65. The second-order valence-corrected chi connectivity index (χ2v) is 5.86. The molecule has 108 valence electrons. The van der Waals surface area contributed by atoms with E-state index in [1.165, 1.54) is 0 Å². The van der Waals surface area contributed by atoms with Gasteiger partial charge in [0.25, 0.3) is 0 Å². The van der Waals surface area contributed by atoms with E-state index in [1.807, 2.05) is 11.3 Å². The summed E-state index contributed by atoms with van der Waals surface area (Å²) >= 11 is 8.87. The van der Waals surface area contributed by atoms with Gasteiger partial charge in [-0.25, -0.2) is 18.7 Å². The van der Waals surface area contributed by atoms with Gasteiger partial charge in [0.05, 0.1) is 10.7 Å². The molecular weight excluding hydrogens is 364 g/mol. The molecule has 3 aromatic rings. The van der Waals surface area contributed by atoms with Crippen LogP contribution in [-0.4, -0.2) is 14.4 Å². The minimum atomic E-state index is -0.654. The molecule has 0 aliphatic carbocycles. The van der Waals surface area contributed by atoms with Gasteiger partial charge in [-0.1, -0.05) is 11.6 Å². The molecule has 0 aliphatic rings. The molecular formula is C14H9BrClF2N3. The third-order valence-corrected chi connectivity index (χ3v) is 3.84. The van der Waals surface area contributed by atoms with Crippen LogP contribution in [0, 0.1) is 18.6 Å². The maximum absolute atomic E-state index is 13.9. The van der Waals surface area contributed by atoms with Crippen molar-refractivity contribution in [3.05, 3.63) is 62.7 Å². The van der Waals surface area contributed by atoms with Gasteiger partial charge in [-0.15, -0.1) is 0 Å². The minimum absolute atomic E-state index is 0.124. The number of aromatic nitrogens is 3. The first-order chi connectivity index (χ1) is 9.95. The summed E-state index contributed by atoms with van der Waals surface area (Å²) in [5, 5.41) is -0.236. The molecule has 1 aromatic carbocycles. The number of halogens is 4. The quantitative estimate of drug-likeness (QED) is 0.627. The van der Waals surface area contributed by atoms with Crippen molar-refractivity contribution in [3.63, 3.8) is 0 Å². The Morgan fingerprint density at radius 1 is 1.29 bits per heavy atom. The number of aryl methyl sites for hydroxylation is 1. The van der Waals surface area contributed by atoms with Gasteiger partial charge in [-0.05, 0) is 40.5 Å². The molecule has 3 nitrogen and oxygen atoms in total. The first-order valence-corrected chi connectivity index (χ1v) is 7.25. The van der Waals surface area contributed by atoms with E-state index >= 15 is 0 Å². The highest BCUT2D eigenvalue weighted by molar-refractivity contribution is 9.10. The first-order valence-electron chi connectivity index (χ1n) is 6.08. The molecule has 0 fully saturated rings. The average molecular weight is 373 g/mol. The number of hydrogen-bond donors (Lipinski definition) is 0. The Morgan fingerprint density at radius 3 is 2.81 bits per heavy atom. The van der Waals surface area contributed by atoms with Gasteiger partial charge in [0.15, 0.2) is 5.65 Å². The molecule has 0 bridgehead atoms. The number of nitrogens with zero attached hydrogens (tertiary/aromatic N) is 3. The van der Waals surface area contributed by atoms with Gasteiger partial charge >= 0.3 is 0 Å². The molecule has 0 N–H and O–H groups in total. The Hall–Kier alpha value is -1.53. The fourth-order valence-corrected chi connectivity index (χ4v) is 2.70. The zero-order valence-electron chi connectivity index (χ0n) is 10.9. The summed E-state index contributed by atoms with van der Waals surface area (Å²) in [6.45, 7) is 1.90. The van der Waals surface area contributed by atoms with E-state index in [4.69, 9.17) is 11.6 Å². The lowest BCUT2D eigenvalue weighted by Gasteiger charge is -2.07. The molecule has 0 aliphatic heterocycles. The number of hydrogen-bond acceptors (Lipinski definition) is 2.